The lowest BCUT2D eigenvalue weighted by molar-refractivity contribution is 0.201. The minimum Gasteiger partial charge on any atom is -0.497 e. The quantitative estimate of drug-likeness (QED) is 0.704. The number of carbonyl (C=O) groups is 1. The smallest absolute Gasteiger partial charge is 0.325 e. The number of fused-ring (bicyclic) bond motifs is 1. The van der Waals surface area contributed by atoms with E-state index in [4.69, 9.17) is 14.0 Å². The fourth-order valence-electron chi connectivity index (χ4n) is 3.48. The molecule has 1 unspecified atom stereocenters. The Bertz CT molecular complexity index is 1010. The van der Waals surface area contributed by atoms with Crippen molar-refractivity contribution in [2.24, 2.45) is 0 Å². The van der Waals surface area contributed by atoms with E-state index in [-0.39, 0.29) is 12.1 Å². The van der Waals surface area contributed by atoms with Crippen LogP contribution < -0.4 is 19.7 Å². The van der Waals surface area contributed by atoms with Crippen LogP contribution in [-0.4, -0.2) is 44.4 Å². The number of hydrogen-bond acceptors (Lipinski definition) is 6. The third kappa shape index (κ3) is 3.22. The molecule has 1 aliphatic heterocycles. The summed E-state index contributed by atoms with van der Waals surface area (Å²) in [6.45, 7) is 0. The van der Waals surface area contributed by atoms with E-state index >= 15 is 0 Å². The molecule has 0 radical (unpaired) electrons. The average Bonchev–Trinajstić information content (AvgIpc) is 3.16. The maximum absolute atomic E-state index is 12.9. The Hall–Kier alpha value is -3.68. The van der Waals surface area contributed by atoms with Gasteiger partial charge in [-0.05, 0) is 42.0 Å². The van der Waals surface area contributed by atoms with Gasteiger partial charge in [0.05, 0.1) is 14.2 Å². The number of urea groups is 1. The highest BCUT2D eigenvalue weighted by atomic mass is 16.5. The second kappa shape index (κ2) is 7.38. The third-order valence-electron chi connectivity index (χ3n) is 5.04. The molecule has 1 N–H and O–H groups in total. The summed E-state index contributed by atoms with van der Waals surface area (Å²) in [4.78, 5) is 16.1. The lowest BCUT2D eigenvalue weighted by Gasteiger charge is -2.36. The first-order chi connectivity index (χ1) is 14.0. The Balaban J connectivity index is 1.72. The molecule has 2 amide bonds. The molecule has 1 aromatic heterocycles. The van der Waals surface area contributed by atoms with Crippen LogP contribution in [0.4, 0.5) is 22.1 Å². The number of ether oxygens (including phenoxy) is 2. The van der Waals surface area contributed by atoms with Crippen molar-refractivity contribution < 1.29 is 18.8 Å². The zero-order chi connectivity index (χ0) is 20.5. The number of amides is 2. The number of hydrogen-bond donors (Lipinski definition) is 1. The van der Waals surface area contributed by atoms with Gasteiger partial charge in [-0.15, -0.1) is 0 Å². The molecule has 0 aliphatic carbocycles. The van der Waals surface area contributed by atoms with Crippen LogP contribution in [0.3, 0.4) is 0 Å². The van der Waals surface area contributed by atoms with Crippen molar-refractivity contribution >= 4 is 23.3 Å². The van der Waals surface area contributed by atoms with Crippen LogP contribution in [-0.2, 0) is 0 Å². The van der Waals surface area contributed by atoms with Crippen molar-refractivity contribution in [3.05, 3.63) is 59.8 Å². The van der Waals surface area contributed by atoms with Crippen molar-refractivity contribution in [1.29, 1.82) is 0 Å². The van der Waals surface area contributed by atoms with E-state index in [1.54, 1.807) is 33.2 Å². The molecule has 2 heterocycles. The van der Waals surface area contributed by atoms with Gasteiger partial charge in [-0.1, -0.05) is 17.3 Å². The van der Waals surface area contributed by atoms with Crippen LogP contribution in [0.5, 0.6) is 11.5 Å². The highest BCUT2D eigenvalue weighted by molar-refractivity contribution is 5.98. The van der Waals surface area contributed by atoms with E-state index in [1.807, 2.05) is 48.5 Å². The van der Waals surface area contributed by atoms with Crippen molar-refractivity contribution in [3.8, 4) is 11.5 Å². The summed E-state index contributed by atoms with van der Waals surface area (Å²) in [5.41, 5.74) is 2.99. The Morgan fingerprint density at radius 2 is 1.55 bits per heavy atom. The number of nitrogens with one attached hydrogen (secondary N) is 1. The zero-order valence-corrected chi connectivity index (χ0v) is 16.7. The van der Waals surface area contributed by atoms with Crippen molar-refractivity contribution in [1.82, 2.24) is 10.1 Å². The molecule has 29 heavy (non-hydrogen) atoms. The molecule has 0 saturated heterocycles. The second-order valence-electron chi connectivity index (χ2n) is 6.73. The molecule has 0 saturated carbocycles. The average molecular weight is 394 g/mol. The van der Waals surface area contributed by atoms with Gasteiger partial charge < -0.3 is 24.2 Å². The molecule has 3 aromatic rings. The van der Waals surface area contributed by atoms with Gasteiger partial charge >= 0.3 is 6.03 Å². The first-order valence-corrected chi connectivity index (χ1v) is 9.08. The van der Waals surface area contributed by atoms with E-state index in [0.717, 1.165) is 22.7 Å². The minimum absolute atomic E-state index is 0.153. The van der Waals surface area contributed by atoms with E-state index in [0.29, 0.717) is 17.3 Å². The largest absolute Gasteiger partial charge is 0.497 e. The van der Waals surface area contributed by atoms with Crippen LogP contribution in [0.15, 0.2) is 53.1 Å². The normalized spacial score (nSPS) is 15.9. The molecule has 150 valence electrons. The summed E-state index contributed by atoms with van der Waals surface area (Å²) in [6.07, 6.45) is 0. The standard InChI is InChI=1S/C21H22N4O4/c1-24-18(13-5-9-15(27-3)10-6-13)17-19(25(2)21(24)26)20(29-23-17)22-14-7-11-16(28-4)12-8-14/h5-12,18,22H,1-4H3. The van der Waals surface area contributed by atoms with E-state index in [1.165, 1.54) is 4.90 Å². The predicted molar refractivity (Wildman–Crippen MR) is 109 cm³/mol. The molecule has 1 aliphatic rings. The molecule has 4 rings (SSSR count). The summed E-state index contributed by atoms with van der Waals surface area (Å²) in [7, 11) is 6.69. The Labute approximate surface area is 168 Å². The van der Waals surface area contributed by atoms with Crippen LogP contribution in [0.2, 0.25) is 0 Å². The molecule has 8 nitrogen and oxygen atoms in total. The molecule has 8 heteroatoms. The second-order valence-corrected chi connectivity index (χ2v) is 6.73. The Morgan fingerprint density at radius 1 is 0.966 bits per heavy atom. The number of rotatable bonds is 5. The van der Waals surface area contributed by atoms with Crippen LogP contribution in [0.1, 0.15) is 17.3 Å². The number of carbonyl (C=O) groups excluding carboxylic acids is 1. The molecule has 0 bridgehead atoms. The first-order valence-electron chi connectivity index (χ1n) is 9.08. The lowest BCUT2D eigenvalue weighted by Crippen LogP contribution is -2.46. The molecule has 0 spiro atoms. The number of nitrogens with zero attached hydrogens (tertiary/aromatic N) is 3. The summed E-state index contributed by atoms with van der Waals surface area (Å²) in [5, 5.41) is 7.50. The molecule has 0 fully saturated rings. The van der Waals surface area contributed by atoms with Crippen molar-refractivity contribution in [2.75, 3.05) is 38.5 Å². The lowest BCUT2D eigenvalue weighted by atomic mass is 9.99. The van der Waals surface area contributed by atoms with Gasteiger partial charge in [0.15, 0.2) is 0 Å². The molecule has 2 aromatic carbocycles. The highest BCUT2D eigenvalue weighted by Gasteiger charge is 2.40. The summed E-state index contributed by atoms with van der Waals surface area (Å²) < 4.78 is 16.0. The van der Waals surface area contributed by atoms with E-state index in [2.05, 4.69) is 10.5 Å². The van der Waals surface area contributed by atoms with Crippen LogP contribution in [0, 0.1) is 0 Å². The van der Waals surface area contributed by atoms with Gasteiger partial charge in [-0.2, -0.15) is 0 Å². The van der Waals surface area contributed by atoms with Crippen LogP contribution >= 0.6 is 0 Å². The minimum atomic E-state index is -0.366. The highest BCUT2D eigenvalue weighted by Crippen LogP contribution is 2.43. The zero-order valence-electron chi connectivity index (χ0n) is 16.7. The maximum Gasteiger partial charge on any atom is 0.325 e. The molecular formula is C21H22N4O4. The third-order valence-corrected chi connectivity index (χ3v) is 5.04. The van der Waals surface area contributed by atoms with Gasteiger partial charge in [-0.25, -0.2) is 4.79 Å². The molecular weight excluding hydrogens is 372 g/mol. The van der Waals surface area contributed by atoms with Gasteiger partial charge in [0, 0.05) is 19.8 Å². The molecule has 1 atom stereocenters. The van der Waals surface area contributed by atoms with Crippen molar-refractivity contribution in [2.45, 2.75) is 6.04 Å². The van der Waals surface area contributed by atoms with Crippen LogP contribution in [0.25, 0.3) is 0 Å². The SMILES string of the molecule is COc1ccc(Nc2onc3c2N(C)C(=O)N(C)C3c2ccc(OC)cc2)cc1. The van der Waals surface area contributed by atoms with E-state index < -0.39 is 0 Å². The fraction of sp³-hybridized carbons (Fsp3) is 0.238. The number of methoxy groups -OCH3 is 2. The maximum atomic E-state index is 12.9. The van der Waals surface area contributed by atoms with Gasteiger partial charge in [-0.3, -0.25) is 4.90 Å². The summed E-state index contributed by atoms with van der Waals surface area (Å²) in [6, 6.07) is 14.5. The monoisotopic (exact) mass is 394 g/mol. The van der Waals surface area contributed by atoms with Gasteiger partial charge in [0.25, 0.3) is 5.88 Å². The number of anilines is 3. The van der Waals surface area contributed by atoms with E-state index in [9.17, 15) is 4.79 Å². The fourth-order valence-corrected chi connectivity index (χ4v) is 3.48. The Kier molecular flexibility index (Phi) is 4.75. The van der Waals surface area contributed by atoms with Crippen molar-refractivity contribution in [3.63, 3.8) is 0 Å². The number of aromatic nitrogens is 1. The summed E-state index contributed by atoms with van der Waals surface area (Å²) >= 11 is 0. The first kappa shape index (κ1) is 18.7. The topological polar surface area (TPSA) is 80.1 Å². The number of benzene rings is 2. The predicted octanol–water partition coefficient (Wildman–Crippen LogP) is 4.03. The summed E-state index contributed by atoms with van der Waals surface area (Å²) in [5.74, 6) is 1.91. The van der Waals surface area contributed by atoms with Gasteiger partial charge in [0.1, 0.15) is 28.9 Å². The Morgan fingerprint density at radius 3 is 2.14 bits per heavy atom. The van der Waals surface area contributed by atoms with Gasteiger partial charge in [0.2, 0.25) is 0 Å².